The van der Waals surface area contributed by atoms with Gasteiger partial charge in [-0.3, -0.25) is 0 Å². The molecule has 3 heteroatoms. The van der Waals surface area contributed by atoms with E-state index in [1.165, 1.54) is 15.0 Å². The van der Waals surface area contributed by atoms with Gasteiger partial charge in [-0.25, -0.2) is 0 Å². The van der Waals surface area contributed by atoms with Gasteiger partial charge in [0.2, 0.25) is 0 Å². The summed E-state index contributed by atoms with van der Waals surface area (Å²) in [6.45, 7) is 0.853. The molecule has 0 aliphatic heterocycles. The summed E-state index contributed by atoms with van der Waals surface area (Å²) in [4.78, 5) is 1.30. The van der Waals surface area contributed by atoms with Crippen molar-refractivity contribution in [2.45, 2.75) is 13.2 Å². The van der Waals surface area contributed by atoms with E-state index in [9.17, 15) is 5.11 Å². The molecule has 0 amide bonds. The van der Waals surface area contributed by atoms with E-state index in [0.29, 0.717) is 0 Å². The van der Waals surface area contributed by atoms with Gasteiger partial charge in [0.1, 0.15) is 0 Å². The van der Waals surface area contributed by atoms with Gasteiger partial charge in [0.05, 0.1) is 6.61 Å². The first-order valence-electron chi connectivity index (χ1n) is 6.27. The SMILES string of the molecule is OCc1ccccc1NCc1cc2ccccc2s1. The fourth-order valence-electron chi connectivity index (χ4n) is 2.14. The van der Waals surface area contributed by atoms with Crippen LogP contribution in [0.3, 0.4) is 0 Å². The molecule has 0 radical (unpaired) electrons. The monoisotopic (exact) mass is 269 g/mol. The second kappa shape index (κ2) is 5.43. The number of anilines is 1. The van der Waals surface area contributed by atoms with Crippen LogP contribution in [0.5, 0.6) is 0 Å². The largest absolute Gasteiger partial charge is 0.392 e. The summed E-state index contributed by atoms with van der Waals surface area (Å²) in [7, 11) is 0. The molecule has 0 fully saturated rings. The molecule has 0 unspecified atom stereocenters. The summed E-state index contributed by atoms with van der Waals surface area (Å²) in [5.41, 5.74) is 1.94. The van der Waals surface area contributed by atoms with E-state index in [1.807, 2.05) is 24.3 Å². The van der Waals surface area contributed by atoms with Crippen molar-refractivity contribution in [1.29, 1.82) is 0 Å². The molecule has 0 saturated heterocycles. The first kappa shape index (κ1) is 12.2. The quantitative estimate of drug-likeness (QED) is 0.750. The minimum Gasteiger partial charge on any atom is -0.392 e. The average Bonchev–Trinajstić information content (AvgIpc) is 2.88. The molecule has 96 valence electrons. The molecule has 2 nitrogen and oxygen atoms in total. The Balaban J connectivity index is 1.78. The minimum absolute atomic E-state index is 0.0651. The number of para-hydroxylation sites is 1. The lowest BCUT2D eigenvalue weighted by molar-refractivity contribution is 0.282. The Bertz CT molecular complexity index is 657. The predicted octanol–water partition coefficient (Wildman–Crippen LogP) is 4.01. The first-order valence-corrected chi connectivity index (χ1v) is 7.08. The molecule has 19 heavy (non-hydrogen) atoms. The van der Waals surface area contributed by atoms with E-state index in [1.54, 1.807) is 11.3 Å². The minimum atomic E-state index is 0.0651. The molecule has 0 aliphatic carbocycles. The van der Waals surface area contributed by atoms with Crippen LogP contribution in [0.1, 0.15) is 10.4 Å². The molecule has 0 aliphatic rings. The third-order valence-corrected chi connectivity index (χ3v) is 4.23. The molecule has 0 bridgehead atoms. The zero-order valence-electron chi connectivity index (χ0n) is 10.5. The van der Waals surface area contributed by atoms with Crippen LogP contribution in [0.2, 0.25) is 0 Å². The number of hydrogen-bond donors (Lipinski definition) is 2. The molecule has 2 aromatic carbocycles. The Kier molecular flexibility index (Phi) is 3.49. The van der Waals surface area contributed by atoms with Gasteiger partial charge in [0, 0.05) is 27.4 Å². The van der Waals surface area contributed by atoms with Gasteiger partial charge < -0.3 is 10.4 Å². The highest BCUT2D eigenvalue weighted by Gasteiger charge is 2.03. The summed E-state index contributed by atoms with van der Waals surface area (Å²) < 4.78 is 1.31. The van der Waals surface area contributed by atoms with Gasteiger partial charge in [-0.1, -0.05) is 36.4 Å². The third kappa shape index (κ3) is 2.62. The van der Waals surface area contributed by atoms with Crippen molar-refractivity contribution in [3.63, 3.8) is 0 Å². The maximum atomic E-state index is 9.29. The summed E-state index contributed by atoms with van der Waals surface area (Å²) in [6.07, 6.45) is 0. The normalized spacial score (nSPS) is 10.8. The number of nitrogens with one attached hydrogen (secondary N) is 1. The predicted molar refractivity (Wildman–Crippen MR) is 81.5 cm³/mol. The number of hydrogen-bond acceptors (Lipinski definition) is 3. The Labute approximate surface area is 116 Å². The van der Waals surface area contributed by atoms with Crippen LogP contribution in [0.25, 0.3) is 10.1 Å². The molecular formula is C16H15NOS. The number of aliphatic hydroxyl groups excluding tert-OH is 1. The van der Waals surface area contributed by atoms with Gasteiger partial charge >= 0.3 is 0 Å². The molecular weight excluding hydrogens is 254 g/mol. The van der Waals surface area contributed by atoms with Gasteiger partial charge in [-0.15, -0.1) is 11.3 Å². The summed E-state index contributed by atoms with van der Waals surface area (Å²) in [6, 6.07) is 18.5. The lowest BCUT2D eigenvalue weighted by Gasteiger charge is -2.08. The number of benzene rings is 2. The van der Waals surface area contributed by atoms with Crippen LogP contribution in [-0.4, -0.2) is 5.11 Å². The summed E-state index contributed by atoms with van der Waals surface area (Å²) >= 11 is 1.80. The maximum absolute atomic E-state index is 9.29. The van der Waals surface area contributed by atoms with E-state index < -0.39 is 0 Å². The molecule has 1 heterocycles. The van der Waals surface area contributed by atoms with E-state index in [4.69, 9.17) is 0 Å². The van der Waals surface area contributed by atoms with Gasteiger partial charge in [0.25, 0.3) is 0 Å². The maximum Gasteiger partial charge on any atom is 0.0701 e. The second-order valence-corrected chi connectivity index (χ2v) is 5.59. The first-order chi connectivity index (χ1) is 9.36. The molecule has 3 rings (SSSR count). The van der Waals surface area contributed by atoms with E-state index in [-0.39, 0.29) is 6.61 Å². The Morgan fingerprint density at radius 3 is 2.63 bits per heavy atom. The lowest BCUT2D eigenvalue weighted by atomic mass is 10.2. The van der Waals surface area contributed by atoms with E-state index in [2.05, 4.69) is 35.6 Å². The summed E-state index contributed by atoms with van der Waals surface area (Å²) in [5.74, 6) is 0. The van der Waals surface area contributed by atoms with Crippen LogP contribution in [0, 0.1) is 0 Å². The van der Waals surface area contributed by atoms with Crippen LogP contribution in [0.4, 0.5) is 5.69 Å². The average molecular weight is 269 g/mol. The van der Waals surface area contributed by atoms with Gasteiger partial charge in [-0.2, -0.15) is 0 Å². The fraction of sp³-hybridized carbons (Fsp3) is 0.125. The van der Waals surface area contributed by atoms with Crippen molar-refractivity contribution >= 4 is 27.1 Å². The third-order valence-electron chi connectivity index (χ3n) is 3.12. The van der Waals surface area contributed by atoms with Crippen LogP contribution < -0.4 is 5.32 Å². The highest BCUT2D eigenvalue weighted by molar-refractivity contribution is 7.19. The Morgan fingerprint density at radius 2 is 1.79 bits per heavy atom. The van der Waals surface area contributed by atoms with E-state index >= 15 is 0 Å². The molecule has 2 N–H and O–H groups in total. The van der Waals surface area contributed by atoms with Crippen molar-refractivity contribution in [1.82, 2.24) is 0 Å². The van der Waals surface area contributed by atoms with Crippen LogP contribution in [-0.2, 0) is 13.2 Å². The Hall–Kier alpha value is -1.84. The number of aliphatic hydroxyl groups is 1. The second-order valence-electron chi connectivity index (χ2n) is 4.42. The van der Waals surface area contributed by atoms with Crippen molar-refractivity contribution in [2.24, 2.45) is 0 Å². The number of rotatable bonds is 4. The standard InChI is InChI=1S/C16H15NOS/c18-11-13-6-1-3-7-15(13)17-10-14-9-12-5-2-4-8-16(12)19-14/h1-9,17-18H,10-11H2. The van der Waals surface area contributed by atoms with Crippen molar-refractivity contribution < 1.29 is 5.11 Å². The molecule has 1 aromatic heterocycles. The van der Waals surface area contributed by atoms with E-state index in [0.717, 1.165) is 17.8 Å². The summed E-state index contributed by atoms with van der Waals surface area (Å²) in [5, 5.41) is 14.0. The highest BCUT2D eigenvalue weighted by atomic mass is 32.1. The fourth-order valence-corrected chi connectivity index (χ4v) is 3.14. The van der Waals surface area contributed by atoms with Crippen molar-refractivity contribution in [3.05, 3.63) is 65.0 Å². The number of fused-ring (bicyclic) bond motifs is 1. The van der Waals surface area contributed by atoms with Crippen LogP contribution >= 0.6 is 11.3 Å². The molecule has 0 saturated carbocycles. The van der Waals surface area contributed by atoms with Gasteiger partial charge in [0.15, 0.2) is 0 Å². The van der Waals surface area contributed by atoms with Gasteiger partial charge in [-0.05, 0) is 23.6 Å². The van der Waals surface area contributed by atoms with Crippen LogP contribution in [0.15, 0.2) is 54.6 Å². The molecule has 0 atom stereocenters. The van der Waals surface area contributed by atoms with Crippen molar-refractivity contribution in [3.8, 4) is 0 Å². The Morgan fingerprint density at radius 1 is 1.00 bits per heavy atom. The topological polar surface area (TPSA) is 32.3 Å². The van der Waals surface area contributed by atoms with Crippen molar-refractivity contribution in [2.75, 3.05) is 5.32 Å². The number of thiophene rings is 1. The zero-order chi connectivity index (χ0) is 13.1. The molecule has 3 aromatic rings. The smallest absolute Gasteiger partial charge is 0.0701 e. The lowest BCUT2D eigenvalue weighted by Crippen LogP contribution is -2.00. The zero-order valence-corrected chi connectivity index (χ0v) is 11.3. The molecule has 0 spiro atoms. The highest BCUT2D eigenvalue weighted by Crippen LogP contribution is 2.26.